The number of aryl methyl sites for hydroxylation is 2. The number of amides is 1. The molecule has 0 saturated carbocycles. The molecule has 1 amide bonds. The number of benzene rings is 2. The summed E-state index contributed by atoms with van der Waals surface area (Å²) in [4.78, 5) is 12.1. The zero-order valence-corrected chi connectivity index (χ0v) is 13.5. The summed E-state index contributed by atoms with van der Waals surface area (Å²) in [6, 6.07) is 17.4. The molecule has 0 radical (unpaired) electrons. The van der Waals surface area contributed by atoms with Crippen LogP contribution in [0.2, 0.25) is 0 Å². The van der Waals surface area contributed by atoms with Crippen LogP contribution in [-0.4, -0.2) is 16.1 Å². The fourth-order valence-corrected chi connectivity index (χ4v) is 2.44. The Labute approximate surface area is 140 Å². The lowest BCUT2D eigenvalue weighted by Gasteiger charge is -2.08. The molecule has 0 fully saturated rings. The van der Waals surface area contributed by atoms with Gasteiger partial charge in [0.25, 0.3) is 0 Å². The summed E-state index contributed by atoms with van der Waals surface area (Å²) in [5.41, 5.74) is 2.85. The van der Waals surface area contributed by atoms with E-state index in [2.05, 4.69) is 22.4 Å². The lowest BCUT2D eigenvalue weighted by Crippen LogP contribution is -2.13. The van der Waals surface area contributed by atoms with Crippen molar-refractivity contribution in [2.24, 2.45) is 0 Å². The van der Waals surface area contributed by atoms with Crippen molar-refractivity contribution in [3.8, 4) is 11.5 Å². The molecule has 122 valence electrons. The molecule has 3 rings (SSSR count). The number of anilines is 1. The van der Waals surface area contributed by atoms with Crippen LogP contribution in [0.5, 0.6) is 0 Å². The van der Waals surface area contributed by atoms with E-state index >= 15 is 0 Å². The minimum atomic E-state index is -0.0599. The van der Waals surface area contributed by atoms with Crippen LogP contribution >= 0.6 is 0 Å². The van der Waals surface area contributed by atoms with E-state index in [9.17, 15) is 4.79 Å². The quantitative estimate of drug-likeness (QED) is 0.748. The van der Waals surface area contributed by atoms with Crippen LogP contribution in [-0.2, 0) is 17.6 Å². The van der Waals surface area contributed by atoms with Crippen LogP contribution in [0.25, 0.3) is 11.5 Å². The number of nitrogens with zero attached hydrogens (tertiary/aromatic N) is 2. The molecule has 0 aliphatic carbocycles. The van der Waals surface area contributed by atoms with Gasteiger partial charge in [0.05, 0.1) is 0 Å². The molecule has 0 aliphatic heterocycles. The first kappa shape index (κ1) is 15.9. The summed E-state index contributed by atoms with van der Waals surface area (Å²) in [5, 5.41) is 11.0. The maximum atomic E-state index is 12.1. The van der Waals surface area contributed by atoms with Crippen LogP contribution in [0.3, 0.4) is 0 Å². The highest BCUT2D eigenvalue weighted by atomic mass is 16.4. The van der Waals surface area contributed by atoms with Crippen LogP contribution in [0.4, 0.5) is 5.69 Å². The first-order chi connectivity index (χ1) is 11.8. The van der Waals surface area contributed by atoms with Crippen molar-refractivity contribution in [3.05, 3.63) is 66.1 Å². The lowest BCUT2D eigenvalue weighted by molar-refractivity contribution is -0.116. The first-order valence-electron chi connectivity index (χ1n) is 8.02. The van der Waals surface area contributed by atoms with Crippen molar-refractivity contribution in [3.63, 3.8) is 0 Å². The van der Waals surface area contributed by atoms with Crippen LogP contribution < -0.4 is 5.32 Å². The highest BCUT2D eigenvalue weighted by molar-refractivity contribution is 5.91. The van der Waals surface area contributed by atoms with Crippen molar-refractivity contribution in [2.45, 2.75) is 26.2 Å². The minimum Gasteiger partial charge on any atom is -0.421 e. The first-order valence-corrected chi connectivity index (χ1v) is 8.02. The van der Waals surface area contributed by atoms with Crippen LogP contribution in [0.15, 0.2) is 59.0 Å². The Morgan fingerprint density at radius 3 is 2.58 bits per heavy atom. The zero-order chi connectivity index (χ0) is 16.8. The summed E-state index contributed by atoms with van der Waals surface area (Å²) < 4.78 is 5.61. The number of para-hydroxylation sites is 1. The fourth-order valence-electron chi connectivity index (χ4n) is 2.44. The highest BCUT2D eigenvalue weighted by Crippen LogP contribution is 2.18. The van der Waals surface area contributed by atoms with Gasteiger partial charge in [-0.1, -0.05) is 43.3 Å². The van der Waals surface area contributed by atoms with Gasteiger partial charge in [0, 0.05) is 24.1 Å². The second kappa shape index (κ2) is 7.55. The van der Waals surface area contributed by atoms with Gasteiger partial charge >= 0.3 is 0 Å². The Bertz CT molecular complexity index is 812. The largest absolute Gasteiger partial charge is 0.421 e. The molecule has 3 aromatic rings. The number of hydrogen-bond acceptors (Lipinski definition) is 4. The average Bonchev–Trinajstić information content (AvgIpc) is 3.10. The maximum Gasteiger partial charge on any atom is 0.247 e. The Kier molecular flexibility index (Phi) is 5.01. The van der Waals surface area contributed by atoms with Crippen molar-refractivity contribution in [2.75, 3.05) is 5.32 Å². The Morgan fingerprint density at radius 2 is 1.79 bits per heavy atom. The number of carbonyl (C=O) groups excluding carboxylic acids is 1. The molecule has 5 heteroatoms. The summed E-state index contributed by atoms with van der Waals surface area (Å²) in [5.74, 6) is 0.880. The van der Waals surface area contributed by atoms with Gasteiger partial charge in [0.1, 0.15) is 0 Å². The SMILES string of the molecule is CCc1ccccc1NC(=O)CCc1nnc(-c2ccccc2)o1. The summed E-state index contributed by atoms with van der Waals surface area (Å²) >= 11 is 0. The van der Waals surface area contributed by atoms with E-state index in [0.717, 1.165) is 23.2 Å². The normalized spacial score (nSPS) is 10.5. The second-order valence-corrected chi connectivity index (χ2v) is 5.43. The van der Waals surface area contributed by atoms with Crippen molar-refractivity contribution in [1.82, 2.24) is 10.2 Å². The molecule has 0 spiro atoms. The predicted molar refractivity (Wildman–Crippen MR) is 92.5 cm³/mol. The summed E-state index contributed by atoms with van der Waals surface area (Å²) in [6.07, 6.45) is 1.59. The van der Waals surface area contributed by atoms with E-state index < -0.39 is 0 Å². The average molecular weight is 321 g/mol. The number of nitrogens with one attached hydrogen (secondary N) is 1. The molecule has 1 N–H and O–H groups in total. The van der Waals surface area contributed by atoms with Gasteiger partial charge in [-0.2, -0.15) is 0 Å². The van der Waals surface area contributed by atoms with E-state index in [1.54, 1.807) is 0 Å². The van der Waals surface area contributed by atoms with E-state index in [0.29, 0.717) is 24.6 Å². The third kappa shape index (κ3) is 3.87. The molecule has 0 bridgehead atoms. The number of hydrogen-bond donors (Lipinski definition) is 1. The smallest absolute Gasteiger partial charge is 0.247 e. The molecule has 2 aromatic carbocycles. The number of aromatic nitrogens is 2. The van der Waals surface area contributed by atoms with E-state index in [1.165, 1.54) is 0 Å². The molecule has 0 saturated heterocycles. The van der Waals surface area contributed by atoms with Gasteiger partial charge in [-0.15, -0.1) is 10.2 Å². The maximum absolute atomic E-state index is 12.1. The summed E-state index contributed by atoms with van der Waals surface area (Å²) in [6.45, 7) is 2.06. The molecule has 0 unspecified atom stereocenters. The van der Waals surface area contributed by atoms with Gasteiger partial charge in [-0.25, -0.2) is 0 Å². The van der Waals surface area contributed by atoms with Crippen molar-refractivity contribution < 1.29 is 9.21 Å². The molecule has 24 heavy (non-hydrogen) atoms. The summed E-state index contributed by atoms with van der Waals surface area (Å²) in [7, 11) is 0. The molecule has 1 heterocycles. The molecular weight excluding hydrogens is 302 g/mol. The van der Waals surface area contributed by atoms with E-state index in [4.69, 9.17) is 4.42 Å². The van der Waals surface area contributed by atoms with Gasteiger partial charge in [-0.3, -0.25) is 4.79 Å². The third-order valence-corrected chi connectivity index (χ3v) is 3.73. The fraction of sp³-hybridized carbons (Fsp3) is 0.211. The van der Waals surface area contributed by atoms with Gasteiger partial charge in [0.2, 0.25) is 17.7 Å². The highest BCUT2D eigenvalue weighted by Gasteiger charge is 2.11. The van der Waals surface area contributed by atoms with Gasteiger partial charge < -0.3 is 9.73 Å². The van der Waals surface area contributed by atoms with Crippen molar-refractivity contribution >= 4 is 11.6 Å². The topological polar surface area (TPSA) is 68.0 Å². The standard InChI is InChI=1S/C19H19N3O2/c1-2-14-8-6-7-11-16(14)20-17(23)12-13-18-21-22-19(24-18)15-9-4-3-5-10-15/h3-11H,2,12-13H2,1H3,(H,20,23). The molecule has 5 nitrogen and oxygen atoms in total. The monoisotopic (exact) mass is 321 g/mol. The van der Waals surface area contributed by atoms with Crippen LogP contribution in [0, 0.1) is 0 Å². The van der Waals surface area contributed by atoms with Crippen LogP contribution in [0.1, 0.15) is 24.8 Å². The zero-order valence-electron chi connectivity index (χ0n) is 13.5. The molecule has 0 aliphatic rings. The second-order valence-electron chi connectivity index (χ2n) is 5.43. The third-order valence-electron chi connectivity index (χ3n) is 3.73. The lowest BCUT2D eigenvalue weighted by atomic mass is 10.1. The Balaban J connectivity index is 1.58. The Hall–Kier alpha value is -2.95. The Morgan fingerprint density at radius 1 is 1.04 bits per heavy atom. The predicted octanol–water partition coefficient (Wildman–Crippen LogP) is 3.87. The van der Waals surface area contributed by atoms with Crippen molar-refractivity contribution in [1.29, 1.82) is 0 Å². The molecule has 0 atom stereocenters. The molecule has 1 aromatic heterocycles. The number of carbonyl (C=O) groups is 1. The molecular formula is C19H19N3O2. The van der Waals surface area contributed by atoms with E-state index in [-0.39, 0.29) is 5.91 Å². The van der Waals surface area contributed by atoms with E-state index in [1.807, 2.05) is 54.6 Å². The number of rotatable bonds is 6. The van der Waals surface area contributed by atoms with Gasteiger partial charge in [0.15, 0.2) is 0 Å². The van der Waals surface area contributed by atoms with Gasteiger partial charge in [-0.05, 0) is 30.2 Å². The minimum absolute atomic E-state index is 0.0599.